The molecule has 4 nitrogen and oxygen atoms in total. The zero-order chi connectivity index (χ0) is 17.0. The molecule has 4 aliphatic rings. The molecule has 0 atom stereocenters. The minimum absolute atomic E-state index is 0. The molecule has 0 aromatic heterocycles. The summed E-state index contributed by atoms with van der Waals surface area (Å²) in [5.41, 5.74) is 0. The van der Waals surface area contributed by atoms with E-state index in [-0.39, 0.29) is 36.2 Å². The molecule has 0 N–H and O–H groups in total. The molecule has 26 heavy (non-hydrogen) atoms. The van der Waals surface area contributed by atoms with E-state index in [4.69, 9.17) is 0 Å². The SMILES string of the molecule is C1=CC[N-]C=C1.C1=CC[N-]C=C1.C1=C[N-]C=CC1.C1=C[N-]C=CC1.[Al+3].[Li+]. The number of hydrogen-bond donors (Lipinski definition) is 0. The van der Waals surface area contributed by atoms with Gasteiger partial charge in [0.2, 0.25) is 0 Å². The van der Waals surface area contributed by atoms with Crippen LogP contribution in [0.25, 0.3) is 21.3 Å². The molecular weight excluding hydrogens is 330 g/mol. The third-order valence-corrected chi connectivity index (χ3v) is 2.61. The van der Waals surface area contributed by atoms with Gasteiger partial charge in [0.05, 0.1) is 0 Å². The molecule has 0 saturated carbocycles. The van der Waals surface area contributed by atoms with Gasteiger partial charge in [-0.15, -0.1) is 49.5 Å². The maximum absolute atomic E-state index is 3.91. The molecule has 4 heterocycles. The van der Waals surface area contributed by atoms with Crippen molar-refractivity contribution in [3.8, 4) is 0 Å². The monoisotopic (exact) mass is 354 g/mol. The van der Waals surface area contributed by atoms with Gasteiger partial charge in [-0.1, -0.05) is 24.3 Å². The Hall–Kier alpha value is -1.75. The van der Waals surface area contributed by atoms with Crippen LogP contribution in [0.4, 0.5) is 0 Å². The van der Waals surface area contributed by atoms with E-state index in [1.54, 1.807) is 37.2 Å². The van der Waals surface area contributed by atoms with Gasteiger partial charge in [-0.2, -0.15) is 37.2 Å². The van der Waals surface area contributed by atoms with E-state index in [1.807, 2.05) is 60.8 Å². The molecule has 0 aliphatic carbocycles. The Morgan fingerprint density at radius 3 is 0.923 bits per heavy atom. The van der Waals surface area contributed by atoms with Gasteiger partial charge >= 0.3 is 36.2 Å². The zero-order valence-electron chi connectivity index (χ0n) is 15.4. The van der Waals surface area contributed by atoms with Gasteiger partial charge in [0.1, 0.15) is 0 Å². The van der Waals surface area contributed by atoms with Gasteiger partial charge in [-0.25, -0.2) is 0 Å². The molecule has 4 aliphatic heterocycles. The van der Waals surface area contributed by atoms with Crippen molar-refractivity contribution in [2.24, 2.45) is 0 Å². The molecule has 6 heteroatoms. The molecule has 0 aromatic carbocycles. The fourth-order valence-electron chi connectivity index (χ4n) is 1.49. The fraction of sp³-hybridized carbons (Fsp3) is 0.200. The molecule has 0 spiro atoms. The van der Waals surface area contributed by atoms with Crippen molar-refractivity contribution >= 4 is 17.4 Å². The normalized spacial score (nSPS) is 16.0. The number of nitrogens with zero attached hydrogens (tertiary/aromatic N) is 4. The fourth-order valence-corrected chi connectivity index (χ4v) is 1.49. The van der Waals surface area contributed by atoms with E-state index in [2.05, 4.69) is 21.3 Å². The molecule has 0 amide bonds. The number of rotatable bonds is 0. The molecule has 0 aromatic rings. The summed E-state index contributed by atoms with van der Waals surface area (Å²) >= 11 is 0. The number of hydrogen-bond acceptors (Lipinski definition) is 0. The first kappa shape index (κ1) is 26.5. The van der Waals surface area contributed by atoms with Crippen molar-refractivity contribution in [2.75, 3.05) is 13.1 Å². The quantitative estimate of drug-likeness (QED) is 0.601. The van der Waals surface area contributed by atoms with Crippen molar-refractivity contribution in [1.82, 2.24) is 0 Å². The Kier molecular flexibility index (Phi) is 23.7. The van der Waals surface area contributed by atoms with E-state index >= 15 is 0 Å². The minimum Gasteiger partial charge on any atom is -0.687 e. The summed E-state index contributed by atoms with van der Waals surface area (Å²) in [7, 11) is 0. The molecule has 128 valence electrons. The van der Waals surface area contributed by atoms with Crippen molar-refractivity contribution in [1.29, 1.82) is 0 Å². The smallest absolute Gasteiger partial charge is 0.687 e. The van der Waals surface area contributed by atoms with E-state index in [0.717, 1.165) is 25.9 Å². The van der Waals surface area contributed by atoms with Crippen LogP contribution in [-0.2, 0) is 0 Å². The van der Waals surface area contributed by atoms with Gasteiger partial charge < -0.3 is 21.3 Å². The van der Waals surface area contributed by atoms with Crippen LogP contribution >= 0.6 is 0 Å². The summed E-state index contributed by atoms with van der Waals surface area (Å²) in [6.07, 6.45) is 32.8. The van der Waals surface area contributed by atoms with Crippen LogP contribution in [0.15, 0.2) is 98.0 Å². The molecule has 0 fully saturated rings. The second kappa shape index (κ2) is 23.2. The first-order chi connectivity index (χ1) is 12.0. The second-order valence-corrected chi connectivity index (χ2v) is 4.58. The Labute approximate surface area is 181 Å². The summed E-state index contributed by atoms with van der Waals surface area (Å²) < 4.78 is 0. The Balaban J connectivity index is 0. The third kappa shape index (κ3) is 20.3. The second-order valence-electron chi connectivity index (χ2n) is 4.58. The topological polar surface area (TPSA) is 56.4 Å². The van der Waals surface area contributed by atoms with Gasteiger partial charge in [0.25, 0.3) is 0 Å². The van der Waals surface area contributed by atoms with Gasteiger partial charge in [0, 0.05) is 0 Å². The van der Waals surface area contributed by atoms with Crippen molar-refractivity contribution in [3.63, 3.8) is 0 Å². The van der Waals surface area contributed by atoms with Crippen molar-refractivity contribution in [2.45, 2.75) is 12.8 Å². The summed E-state index contributed by atoms with van der Waals surface area (Å²) in [5.74, 6) is 0. The van der Waals surface area contributed by atoms with E-state index in [0.29, 0.717) is 0 Å². The standard InChI is InChI=1S/4C5H6N.Al.Li/c4*1-2-4-6-5-3-1;;/h2*2-5H,1H2;2*1-4H,5H2;;/q4*-1;+3;+1. The van der Waals surface area contributed by atoms with E-state index in [1.165, 1.54) is 0 Å². The largest absolute Gasteiger partial charge is 3.00 e. The van der Waals surface area contributed by atoms with Crippen LogP contribution in [-0.4, -0.2) is 30.5 Å². The maximum atomic E-state index is 3.91. The van der Waals surface area contributed by atoms with Crippen LogP contribution in [0.2, 0.25) is 0 Å². The average molecular weight is 354 g/mol. The Morgan fingerprint density at radius 2 is 0.846 bits per heavy atom. The first-order valence-corrected chi connectivity index (χ1v) is 7.96. The van der Waals surface area contributed by atoms with Crippen LogP contribution in [0.3, 0.4) is 0 Å². The molecule has 0 saturated heterocycles. The minimum atomic E-state index is 0. The Bertz CT molecular complexity index is 420. The maximum Gasteiger partial charge on any atom is 3.00 e. The van der Waals surface area contributed by atoms with Gasteiger partial charge in [-0.05, 0) is 12.8 Å². The van der Waals surface area contributed by atoms with Gasteiger partial charge in [0.15, 0.2) is 0 Å². The molecule has 0 unspecified atom stereocenters. The summed E-state index contributed by atoms with van der Waals surface area (Å²) in [6.45, 7) is 1.72. The molecular formula is C20H24AlLiN4. The molecule has 0 bridgehead atoms. The summed E-state index contributed by atoms with van der Waals surface area (Å²) in [5, 5.41) is 15.5. The summed E-state index contributed by atoms with van der Waals surface area (Å²) in [6, 6.07) is 0. The number of allylic oxidation sites excluding steroid dienone is 8. The van der Waals surface area contributed by atoms with Crippen LogP contribution in [0.1, 0.15) is 12.8 Å². The van der Waals surface area contributed by atoms with E-state index in [9.17, 15) is 0 Å². The summed E-state index contributed by atoms with van der Waals surface area (Å²) in [4.78, 5) is 0. The van der Waals surface area contributed by atoms with E-state index < -0.39 is 0 Å². The Morgan fingerprint density at radius 1 is 0.462 bits per heavy atom. The van der Waals surface area contributed by atoms with Crippen molar-refractivity contribution < 1.29 is 18.9 Å². The molecule has 4 rings (SSSR count). The first-order valence-electron chi connectivity index (χ1n) is 7.96. The average Bonchev–Trinajstić information content (AvgIpc) is 2.75. The zero-order valence-corrected chi connectivity index (χ0v) is 16.6. The van der Waals surface area contributed by atoms with Crippen LogP contribution < -0.4 is 18.9 Å². The van der Waals surface area contributed by atoms with Crippen LogP contribution in [0, 0.1) is 0 Å². The predicted molar refractivity (Wildman–Crippen MR) is 111 cm³/mol. The van der Waals surface area contributed by atoms with Gasteiger partial charge in [-0.3, -0.25) is 0 Å². The predicted octanol–water partition coefficient (Wildman–Crippen LogP) is 3.09. The third-order valence-electron chi connectivity index (χ3n) is 2.61. The van der Waals surface area contributed by atoms with Crippen LogP contribution in [0.5, 0.6) is 0 Å². The molecule has 0 radical (unpaired) electrons. The van der Waals surface area contributed by atoms with Crippen molar-refractivity contribution in [3.05, 3.63) is 119 Å².